The van der Waals surface area contributed by atoms with Gasteiger partial charge >= 0.3 is 0 Å². The van der Waals surface area contributed by atoms with E-state index in [1.165, 1.54) is 180 Å². The molecule has 6 N–H and O–H groups in total. The lowest BCUT2D eigenvalue weighted by Crippen LogP contribution is -2.60. The van der Waals surface area contributed by atoms with Gasteiger partial charge in [-0.3, -0.25) is 4.79 Å². The van der Waals surface area contributed by atoms with E-state index in [0.29, 0.717) is 12.8 Å². The van der Waals surface area contributed by atoms with E-state index in [4.69, 9.17) is 9.47 Å². The van der Waals surface area contributed by atoms with Crippen LogP contribution in [-0.4, -0.2) is 87.5 Å². The van der Waals surface area contributed by atoms with E-state index in [1.54, 1.807) is 0 Å². The molecule has 0 saturated carbocycles. The zero-order chi connectivity index (χ0) is 43.7. The van der Waals surface area contributed by atoms with Crippen molar-refractivity contribution < 1.29 is 39.8 Å². The van der Waals surface area contributed by atoms with Gasteiger partial charge < -0.3 is 40.3 Å². The predicted molar refractivity (Wildman–Crippen MR) is 249 cm³/mol. The van der Waals surface area contributed by atoms with Gasteiger partial charge in [0.1, 0.15) is 24.4 Å². The van der Waals surface area contributed by atoms with Gasteiger partial charge in [0, 0.05) is 6.42 Å². The van der Waals surface area contributed by atoms with E-state index in [9.17, 15) is 30.3 Å². The Bertz CT molecular complexity index is 950. The molecule has 0 aromatic carbocycles. The SMILES string of the molecule is CCCCCCCCCC/C=C/CCCC[C@@H](O)[C@H](CO[C@H]1O[C@@H](CO)[C@H](O)C(O)C1O)NC(=O)CCCCCCCCCCCCCCCCCCCCCCCCC. The van der Waals surface area contributed by atoms with Crippen molar-refractivity contribution in [3.8, 4) is 0 Å². The molecule has 1 rings (SSSR count). The van der Waals surface area contributed by atoms with Gasteiger partial charge in [0.05, 0.1) is 25.4 Å². The Labute approximate surface area is 369 Å². The smallest absolute Gasteiger partial charge is 0.220 e. The fraction of sp³-hybridized carbons (Fsp3) is 0.941. The van der Waals surface area contributed by atoms with Crippen LogP contribution in [0.1, 0.15) is 251 Å². The van der Waals surface area contributed by atoms with Gasteiger partial charge in [0.25, 0.3) is 0 Å². The molecule has 1 amide bonds. The van der Waals surface area contributed by atoms with Crippen LogP contribution >= 0.6 is 0 Å². The van der Waals surface area contributed by atoms with Crippen LogP contribution in [0.25, 0.3) is 0 Å². The Morgan fingerprint density at radius 3 is 1.35 bits per heavy atom. The van der Waals surface area contributed by atoms with Crippen molar-refractivity contribution >= 4 is 5.91 Å². The van der Waals surface area contributed by atoms with E-state index in [2.05, 4.69) is 31.3 Å². The summed E-state index contributed by atoms with van der Waals surface area (Å²) in [6.07, 6.45) is 42.3. The summed E-state index contributed by atoms with van der Waals surface area (Å²) in [6.45, 7) is 3.84. The Morgan fingerprint density at radius 1 is 0.550 bits per heavy atom. The van der Waals surface area contributed by atoms with E-state index in [-0.39, 0.29) is 12.5 Å². The number of ether oxygens (including phenoxy) is 2. The largest absolute Gasteiger partial charge is 0.394 e. The summed E-state index contributed by atoms with van der Waals surface area (Å²) < 4.78 is 11.3. The fourth-order valence-corrected chi connectivity index (χ4v) is 8.45. The maximum atomic E-state index is 13.0. The highest BCUT2D eigenvalue weighted by Gasteiger charge is 2.44. The number of hydrogen-bond donors (Lipinski definition) is 6. The lowest BCUT2D eigenvalue weighted by molar-refractivity contribution is -0.302. The molecule has 9 nitrogen and oxygen atoms in total. The van der Waals surface area contributed by atoms with Gasteiger partial charge in [-0.1, -0.05) is 219 Å². The van der Waals surface area contributed by atoms with Crippen LogP contribution in [0.3, 0.4) is 0 Å². The maximum Gasteiger partial charge on any atom is 0.220 e. The second-order valence-electron chi connectivity index (χ2n) is 18.3. The van der Waals surface area contributed by atoms with Crippen molar-refractivity contribution in [3.63, 3.8) is 0 Å². The molecular formula is C51H99NO8. The molecule has 0 aliphatic carbocycles. The first kappa shape index (κ1) is 56.9. The third-order valence-corrected chi connectivity index (χ3v) is 12.6. The molecule has 1 saturated heterocycles. The molecule has 60 heavy (non-hydrogen) atoms. The summed E-state index contributed by atoms with van der Waals surface area (Å²) in [4.78, 5) is 13.0. The first-order chi connectivity index (χ1) is 29.3. The standard InChI is InChI=1S/C51H99NO8/c1-3-5-7-9-11-13-15-17-19-20-21-22-23-24-25-26-27-29-31-33-35-37-39-41-47(55)52-44(43-59-51-50(58)49(57)48(56)46(42-53)60-51)45(54)40-38-36-34-32-30-28-18-16-14-12-10-8-6-4-2/h30,32,44-46,48-51,53-54,56-58H,3-29,31,33-43H2,1-2H3,(H,52,55)/b32-30+/t44-,45+,46-,48-,49?,50?,51-/m0/s1. The fourth-order valence-electron chi connectivity index (χ4n) is 8.45. The number of nitrogens with one attached hydrogen (secondary N) is 1. The predicted octanol–water partition coefficient (Wildman–Crippen LogP) is 11.7. The Hall–Kier alpha value is -1.07. The number of hydrogen-bond acceptors (Lipinski definition) is 8. The van der Waals surface area contributed by atoms with E-state index in [1.807, 2.05) is 0 Å². The summed E-state index contributed by atoms with van der Waals surface area (Å²) in [7, 11) is 0. The molecule has 1 heterocycles. The van der Waals surface area contributed by atoms with Crippen molar-refractivity contribution in [1.82, 2.24) is 5.32 Å². The zero-order valence-corrected chi connectivity index (χ0v) is 39.2. The zero-order valence-electron chi connectivity index (χ0n) is 39.2. The molecule has 0 aromatic rings. The van der Waals surface area contributed by atoms with Gasteiger partial charge in [0.15, 0.2) is 6.29 Å². The van der Waals surface area contributed by atoms with E-state index < -0.39 is 49.5 Å². The monoisotopic (exact) mass is 854 g/mol. The number of allylic oxidation sites excluding steroid dienone is 2. The van der Waals surface area contributed by atoms with Crippen LogP contribution in [0.4, 0.5) is 0 Å². The number of amides is 1. The number of aliphatic hydroxyl groups excluding tert-OH is 5. The summed E-state index contributed by atoms with van der Waals surface area (Å²) in [6, 6.07) is -0.730. The van der Waals surface area contributed by atoms with Crippen LogP contribution in [-0.2, 0) is 14.3 Å². The number of unbranched alkanes of at least 4 members (excludes halogenated alkanes) is 32. The maximum absolute atomic E-state index is 13.0. The van der Waals surface area contributed by atoms with Gasteiger partial charge in [-0.2, -0.15) is 0 Å². The molecule has 1 aliphatic rings. The lowest BCUT2D eigenvalue weighted by atomic mass is 9.99. The van der Waals surface area contributed by atoms with Crippen molar-refractivity contribution in [2.75, 3.05) is 13.2 Å². The molecule has 9 heteroatoms. The first-order valence-electron chi connectivity index (χ1n) is 25.9. The molecule has 0 spiro atoms. The molecule has 356 valence electrons. The minimum atomic E-state index is -1.55. The molecule has 2 unspecified atom stereocenters. The van der Waals surface area contributed by atoms with Gasteiger partial charge in [-0.05, 0) is 38.5 Å². The molecule has 7 atom stereocenters. The topological polar surface area (TPSA) is 149 Å². The summed E-state index contributed by atoms with van der Waals surface area (Å²) >= 11 is 0. The molecule has 0 bridgehead atoms. The minimum absolute atomic E-state index is 0.145. The van der Waals surface area contributed by atoms with Crippen LogP contribution in [0.15, 0.2) is 12.2 Å². The third-order valence-electron chi connectivity index (χ3n) is 12.6. The van der Waals surface area contributed by atoms with Crippen molar-refractivity contribution in [1.29, 1.82) is 0 Å². The van der Waals surface area contributed by atoms with Crippen molar-refractivity contribution in [3.05, 3.63) is 12.2 Å². The molecule has 1 fully saturated rings. The van der Waals surface area contributed by atoms with Crippen molar-refractivity contribution in [2.24, 2.45) is 0 Å². The quantitative estimate of drug-likeness (QED) is 0.0262. The van der Waals surface area contributed by atoms with Crippen LogP contribution < -0.4 is 5.32 Å². The van der Waals surface area contributed by atoms with Gasteiger partial charge in [-0.25, -0.2) is 0 Å². The van der Waals surface area contributed by atoms with E-state index >= 15 is 0 Å². The molecule has 1 aliphatic heterocycles. The Morgan fingerprint density at radius 2 is 0.933 bits per heavy atom. The summed E-state index contributed by atoms with van der Waals surface area (Å²) in [5, 5.41) is 54.4. The highest BCUT2D eigenvalue weighted by Crippen LogP contribution is 2.23. The average Bonchev–Trinajstić information content (AvgIpc) is 3.25. The number of carbonyl (C=O) groups excluding carboxylic acids is 1. The van der Waals surface area contributed by atoms with E-state index in [0.717, 1.165) is 44.9 Å². The number of aliphatic hydroxyl groups is 5. The lowest BCUT2D eigenvalue weighted by Gasteiger charge is -2.40. The molecule has 0 aromatic heterocycles. The first-order valence-corrected chi connectivity index (χ1v) is 25.9. The highest BCUT2D eigenvalue weighted by atomic mass is 16.7. The van der Waals surface area contributed by atoms with Gasteiger partial charge in [-0.15, -0.1) is 0 Å². The number of carbonyl (C=O) groups is 1. The highest BCUT2D eigenvalue weighted by molar-refractivity contribution is 5.76. The van der Waals surface area contributed by atoms with Crippen LogP contribution in [0.2, 0.25) is 0 Å². The molecule has 0 radical (unpaired) electrons. The Balaban J connectivity index is 2.23. The second-order valence-corrected chi connectivity index (χ2v) is 18.3. The average molecular weight is 854 g/mol. The van der Waals surface area contributed by atoms with Gasteiger partial charge in [0.2, 0.25) is 5.91 Å². The van der Waals surface area contributed by atoms with Crippen LogP contribution in [0.5, 0.6) is 0 Å². The third kappa shape index (κ3) is 31.7. The summed E-state index contributed by atoms with van der Waals surface area (Å²) in [5.74, 6) is -0.149. The van der Waals surface area contributed by atoms with Crippen molar-refractivity contribution in [2.45, 2.75) is 294 Å². The molecular weight excluding hydrogens is 755 g/mol. The summed E-state index contributed by atoms with van der Waals surface area (Å²) in [5.41, 5.74) is 0. The Kier molecular flexibility index (Phi) is 39.8. The minimum Gasteiger partial charge on any atom is -0.394 e. The normalized spacial score (nSPS) is 20.6. The number of rotatable bonds is 44. The second kappa shape index (κ2) is 41.9. The van der Waals surface area contributed by atoms with Crippen LogP contribution in [0, 0.1) is 0 Å².